The molecule has 2 aromatic heterocycles. The second-order valence-corrected chi connectivity index (χ2v) is 8.88. The fraction of sp³-hybridized carbons (Fsp3) is 0.368. The Hall–Kier alpha value is -2.59. The van der Waals surface area contributed by atoms with Gasteiger partial charge in [0.2, 0.25) is 5.91 Å². The number of thiazole rings is 1. The van der Waals surface area contributed by atoms with E-state index in [0.717, 1.165) is 35.3 Å². The zero-order chi connectivity index (χ0) is 20.4. The lowest BCUT2D eigenvalue weighted by molar-refractivity contribution is -0.116. The Bertz CT molecular complexity index is 1100. The number of nitrogens with one attached hydrogen (secondary N) is 1. The van der Waals surface area contributed by atoms with E-state index in [9.17, 15) is 9.59 Å². The minimum Gasteiger partial charge on any atom is -0.495 e. The molecule has 1 aliphatic rings. The van der Waals surface area contributed by atoms with E-state index in [1.54, 1.807) is 13.2 Å². The lowest BCUT2D eigenvalue weighted by Gasteiger charge is -2.25. The highest BCUT2D eigenvalue weighted by atomic mass is 32.2. The van der Waals surface area contributed by atoms with Crippen LogP contribution in [0.3, 0.4) is 0 Å². The number of rotatable bonds is 5. The van der Waals surface area contributed by atoms with Crippen LogP contribution in [0.4, 0.5) is 10.8 Å². The standard InChI is InChI=1S/C19H21N5O3S2/c1-12-3-4-14(27-2)13(9-12)21-15(25)10-24-11-20-17-16(18(24)26)29-19(22-17)23-5-7-28-8-6-23/h3-4,9,11H,5-8,10H2,1-2H3,(H,21,25). The maximum Gasteiger partial charge on any atom is 0.273 e. The predicted molar refractivity (Wildman–Crippen MR) is 118 cm³/mol. The number of benzene rings is 1. The van der Waals surface area contributed by atoms with Crippen LogP contribution in [0.25, 0.3) is 10.3 Å². The van der Waals surface area contributed by atoms with Gasteiger partial charge in [-0.1, -0.05) is 17.4 Å². The van der Waals surface area contributed by atoms with E-state index < -0.39 is 0 Å². The molecule has 0 aliphatic carbocycles. The van der Waals surface area contributed by atoms with E-state index in [0.29, 0.717) is 21.8 Å². The Morgan fingerprint density at radius 2 is 2.10 bits per heavy atom. The number of methoxy groups -OCH3 is 1. The van der Waals surface area contributed by atoms with E-state index >= 15 is 0 Å². The number of hydrogen-bond donors (Lipinski definition) is 1. The maximum absolute atomic E-state index is 12.9. The summed E-state index contributed by atoms with van der Waals surface area (Å²) in [6.45, 7) is 3.63. The summed E-state index contributed by atoms with van der Waals surface area (Å²) in [7, 11) is 1.55. The summed E-state index contributed by atoms with van der Waals surface area (Å²) in [4.78, 5) is 36.4. The van der Waals surface area contributed by atoms with Gasteiger partial charge in [-0.25, -0.2) is 4.98 Å². The summed E-state index contributed by atoms with van der Waals surface area (Å²) < 4.78 is 7.07. The van der Waals surface area contributed by atoms with Crippen LogP contribution in [-0.4, -0.2) is 52.1 Å². The molecule has 0 bridgehead atoms. The van der Waals surface area contributed by atoms with Crippen molar-refractivity contribution in [2.45, 2.75) is 13.5 Å². The molecule has 3 aromatic rings. The first-order valence-corrected chi connectivity index (χ1v) is 11.2. The van der Waals surface area contributed by atoms with Crippen molar-refractivity contribution < 1.29 is 9.53 Å². The zero-order valence-electron chi connectivity index (χ0n) is 16.2. The largest absolute Gasteiger partial charge is 0.495 e. The number of carbonyl (C=O) groups is 1. The summed E-state index contributed by atoms with van der Waals surface area (Å²) >= 11 is 3.26. The van der Waals surface area contributed by atoms with Crippen molar-refractivity contribution in [3.63, 3.8) is 0 Å². The van der Waals surface area contributed by atoms with Gasteiger partial charge in [-0.15, -0.1) is 0 Å². The van der Waals surface area contributed by atoms with Gasteiger partial charge in [0.1, 0.15) is 23.3 Å². The molecule has 0 saturated carbocycles. The Morgan fingerprint density at radius 3 is 2.86 bits per heavy atom. The molecule has 152 valence electrons. The molecule has 0 atom stereocenters. The fourth-order valence-electron chi connectivity index (χ4n) is 3.10. The summed E-state index contributed by atoms with van der Waals surface area (Å²) in [5, 5.41) is 3.63. The van der Waals surface area contributed by atoms with Crippen molar-refractivity contribution in [1.29, 1.82) is 0 Å². The van der Waals surface area contributed by atoms with Gasteiger partial charge in [0.25, 0.3) is 5.56 Å². The number of carbonyl (C=O) groups excluding carboxylic acids is 1. The van der Waals surface area contributed by atoms with Crippen molar-refractivity contribution in [2.24, 2.45) is 0 Å². The van der Waals surface area contributed by atoms with Crippen molar-refractivity contribution in [1.82, 2.24) is 14.5 Å². The number of ether oxygens (including phenoxy) is 1. The molecular weight excluding hydrogens is 410 g/mol. The number of aryl methyl sites for hydroxylation is 1. The molecule has 3 heterocycles. The van der Waals surface area contributed by atoms with Crippen molar-refractivity contribution >= 4 is 50.2 Å². The van der Waals surface area contributed by atoms with E-state index in [4.69, 9.17) is 4.74 Å². The van der Waals surface area contributed by atoms with Gasteiger partial charge in [-0.2, -0.15) is 16.7 Å². The molecule has 0 unspecified atom stereocenters. The molecule has 1 N–H and O–H groups in total. The summed E-state index contributed by atoms with van der Waals surface area (Å²) in [5.74, 6) is 2.35. The highest BCUT2D eigenvalue weighted by Gasteiger charge is 2.18. The Balaban J connectivity index is 1.55. The summed E-state index contributed by atoms with van der Waals surface area (Å²) in [6.07, 6.45) is 1.38. The second-order valence-electron chi connectivity index (χ2n) is 6.68. The Kier molecular flexibility index (Phi) is 5.72. The molecule has 0 radical (unpaired) electrons. The maximum atomic E-state index is 12.9. The molecule has 8 nitrogen and oxygen atoms in total. The molecule has 29 heavy (non-hydrogen) atoms. The predicted octanol–water partition coefficient (Wildman–Crippen LogP) is 2.36. The Morgan fingerprint density at radius 1 is 1.31 bits per heavy atom. The third-order valence-electron chi connectivity index (χ3n) is 4.60. The highest BCUT2D eigenvalue weighted by molar-refractivity contribution is 7.99. The van der Waals surface area contributed by atoms with Crippen molar-refractivity contribution in [3.8, 4) is 5.75 Å². The molecule has 0 spiro atoms. The molecule has 1 aromatic carbocycles. The Labute approximate surface area is 175 Å². The first-order chi connectivity index (χ1) is 14.0. The van der Waals surface area contributed by atoms with Crippen LogP contribution in [0, 0.1) is 6.92 Å². The molecule has 1 saturated heterocycles. The number of anilines is 2. The van der Waals surface area contributed by atoms with Crippen LogP contribution in [0.15, 0.2) is 29.3 Å². The summed E-state index contributed by atoms with van der Waals surface area (Å²) in [6, 6.07) is 5.52. The van der Waals surface area contributed by atoms with E-state index in [2.05, 4.69) is 20.2 Å². The van der Waals surface area contributed by atoms with Gasteiger partial charge in [0.15, 0.2) is 10.8 Å². The molecule has 1 fully saturated rings. The van der Waals surface area contributed by atoms with Crippen LogP contribution in [-0.2, 0) is 11.3 Å². The molecule has 10 heteroatoms. The van der Waals surface area contributed by atoms with Gasteiger partial charge >= 0.3 is 0 Å². The van der Waals surface area contributed by atoms with Crippen LogP contribution in [0.2, 0.25) is 0 Å². The number of fused-ring (bicyclic) bond motifs is 1. The highest BCUT2D eigenvalue weighted by Crippen LogP contribution is 2.27. The van der Waals surface area contributed by atoms with Crippen molar-refractivity contribution in [3.05, 3.63) is 40.4 Å². The molecule has 4 rings (SSSR count). The van der Waals surface area contributed by atoms with Gasteiger partial charge in [-0.3, -0.25) is 14.2 Å². The van der Waals surface area contributed by atoms with E-state index in [1.165, 1.54) is 22.2 Å². The second kappa shape index (κ2) is 8.42. The molecule has 1 amide bonds. The number of nitrogens with zero attached hydrogens (tertiary/aromatic N) is 4. The number of amides is 1. The van der Waals surface area contributed by atoms with E-state index in [-0.39, 0.29) is 18.0 Å². The normalized spacial score (nSPS) is 14.2. The van der Waals surface area contributed by atoms with Gasteiger partial charge in [0, 0.05) is 24.6 Å². The quantitative estimate of drug-likeness (QED) is 0.663. The average molecular weight is 432 g/mol. The van der Waals surface area contributed by atoms with Crippen LogP contribution in [0.1, 0.15) is 5.56 Å². The third-order valence-corrected chi connectivity index (χ3v) is 6.63. The minimum atomic E-state index is -0.324. The van der Waals surface area contributed by atoms with Crippen LogP contribution < -0.4 is 20.5 Å². The van der Waals surface area contributed by atoms with Gasteiger partial charge < -0.3 is 15.0 Å². The number of thioether (sulfide) groups is 1. The van der Waals surface area contributed by atoms with Gasteiger partial charge in [-0.05, 0) is 24.6 Å². The van der Waals surface area contributed by atoms with Crippen molar-refractivity contribution in [2.75, 3.05) is 41.9 Å². The van der Waals surface area contributed by atoms with E-state index in [1.807, 2.05) is 30.8 Å². The number of hydrogen-bond acceptors (Lipinski definition) is 8. The molecule has 1 aliphatic heterocycles. The van der Waals surface area contributed by atoms with Crippen LogP contribution >= 0.6 is 23.1 Å². The lowest BCUT2D eigenvalue weighted by Crippen LogP contribution is -2.32. The zero-order valence-corrected chi connectivity index (χ0v) is 17.8. The first kappa shape index (κ1) is 19.7. The van der Waals surface area contributed by atoms with Crippen LogP contribution in [0.5, 0.6) is 5.75 Å². The number of aromatic nitrogens is 3. The monoisotopic (exact) mass is 431 g/mol. The minimum absolute atomic E-state index is 0.132. The molecular formula is C19H21N5O3S2. The lowest BCUT2D eigenvalue weighted by atomic mass is 10.2. The topological polar surface area (TPSA) is 89.3 Å². The SMILES string of the molecule is COc1ccc(C)cc1NC(=O)Cn1cnc2nc(N3CCSCC3)sc2c1=O. The average Bonchev–Trinajstić information content (AvgIpc) is 3.16. The smallest absolute Gasteiger partial charge is 0.273 e. The first-order valence-electron chi connectivity index (χ1n) is 9.18. The summed E-state index contributed by atoms with van der Waals surface area (Å²) in [5.41, 5.74) is 1.75. The fourth-order valence-corrected chi connectivity index (χ4v) is 5.03. The van der Waals surface area contributed by atoms with Gasteiger partial charge in [0.05, 0.1) is 12.8 Å². The third kappa shape index (κ3) is 4.23.